The number of carbonyl (C=O) groups excluding carboxylic acids is 2. The monoisotopic (exact) mass is 398 g/mol. The zero-order chi connectivity index (χ0) is 20.8. The molecule has 2 fully saturated rings. The van der Waals surface area contributed by atoms with Crippen LogP contribution in [0.1, 0.15) is 84.7 Å². The molecule has 1 spiro atoms. The molecule has 0 radical (unpaired) electrons. The van der Waals surface area contributed by atoms with Gasteiger partial charge in [0.05, 0.1) is 0 Å². The van der Waals surface area contributed by atoms with E-state index in [0.29, 0.717) is 49.4 Å². The van der Waals surface area contributed by atoms with Crippen molar-refractivity contribution in [2.24, 2.45) is 5.41 Å². The van der Waals surface area contributed by atoms with Crippen molar-refractivity contribution in [1.29, 1.82) is 0 Å². The van der Waals surface area contributed by atoms with E-state index in [1.54, 1.807) is 0 Å². The van der Waals surface area contributed by atoms with Crippen LogP contribution in [-0.2, 0) is 0 Å². The van der Waals surface area contributed by atoms with E-state index in [2.05, 4.69) is 48.1 Å². The third kappa shape index (κ3) is 3.93. The lowest BCUT2D eigenvalue weighted by molar-refractivity contribution is 0.0713. The van der Waals surface area contributed by atoms with Crippen LogP contribution in [0.5, 0.6) is 0 Å². The van der Waals surface area contributed by atoms with Crippen LogP contribution >= 0.6 is 0 Å². The Bertz CT molecular complexity index is 838. The number of nitrogens with zero attached hydrogens (tertiary/aromatic N) is 4. The Hall–Kier alpha value is -2.64. The van der Waals surface area contributed by atoms with Gasteiger partial charge in [0.2, 0.25) is 0 Å². The number of carbonyl (C=O) groups is 2. The molecule has 2 aliphatic rings. The number of hydrogen-bond acceptors (Lipinski definition) is 4. The first-order valence-electron chi connectivity index (χ1n) is 10.5. The van der Waals surface area contributed by atoms with E-state index in [1.165, 1.54) is 0 Å². The average molecular weight is 399 g/mol. The van der Waals surface area contributed by atoms with Gasteiger partial charge in [0.15, 0.2) is 0 Å². The summed E-state index contributed by atoms with van der Waals surface area (Å²) >= 11 is 0. The van der Waals surface area contributed by atoms with Crippen molar-refractivity contribution in [3.63, 3.8) is 0 Å². The van der Waals surface area contributed by atoms with E-state index >= 15 is 0 Å². The third-order valence-electron chi connectivity index (χ3n) is 6.10. The maximum Gasteiger partial charge on any atom is 0.274 e. The number of rotatable bonds is 4. The molecule has 1 saturated carbocycles. The first-order chi connectivity index (χ1) is 13.8. The van der Waals surface area contributed by atoms with Gasteiger partial charge in [-0.3, -0.25) is 19.8 Å². The van der Waals surface area contributed by atoms with E-state index in [4.69, 9.17) is 0 Å². The predicted octanol–water partition coefficient (Wildman–Crippen LogP) is 2.76. The molecule has 0 bridgehead atoms. The van der Waals surface area contributed by atoms with Gasteiger partial charge in [-0.1, -0.05) is 27.7 Å². The van der Waals surface area contributed by atoms with Crippen molar-refractivity contribution in [2.75, 3.05) is 26.2 Å². The van der Waals surface area contributed by atoms with Gasteiger partial charge in [0.1, 0.15) is 11.4 Å². The highest BCUT2D eigenvalue weighted by molar-refractivity contribution is 5.94. The fourth-order valence-corrected chi connectivity index (χ4v) is 3.91. The highest BCUT2D eigenvalue weighted by Crippen LogP contribution is 2.48. The van der Waals surface area contributed by atoms with Crippen LogP contribution in [0.2, 0.25) is 0 Å². The van der Waals surface area contributed by atoms with E-state index in [-0.39, 0.29) is 17.2 Å². The molecule has 2 N–H and O–H groups in total. The minimum Gasteiger partial charge on any atom is -0.335 e. The molecule has 29 heavy (non-hydrogen) atoms. The Kier molecular flexibility index (Phi) is 4.96. The number of H-pyrrole nitrogens is 2. The zero-order valence-corrected chi connectivity index (χ0v) is 17.7. The molecule has 2 aromatic heterocycles. The minimum absolute atomic E-state index is 0.0101. The Labute approximate surface area is 171 Å². The molecule has 0 aromatic carbocycles. The van der Waals surface area contributed by atoms with E-state index in [1.807, 2.05) is 21.9 Å². The summed E-state index contributed by atoms with van der Waals surface area (Å²) in [5.74, 6) is 0.465. The van der Waals surface area contributed by atoms with Crippen molar-refractivity contribution in [1.82, 2.24) is 30.2 Å². The summed E-state index contributed by atoms with van der Waals surface area (Å²) in [5.41, 5.74) is 2.84. The van der Waals surface area contributed by atoms with Crippen LogP contribution in [-0.4, -0.2) is 68.2 Å². The summed E-state index contributed by atoms with van der Waals surface area (Å²) in [7, 11) is 0. The third-order valence-corrected chi connectivity index (χ3v) is 6.10. The molecule has 3 heterocycles. The first kappa shape index (κ1) is 19.7. The fourth-order valence-electron chi connectivity index (χ4n) is 3.91. The molecular formula is C21H30N6O2. The lowest BCUT2D eigenvalue weighted by Crippen LogP contribution is -2.37. The van der Waals surface area contributed by atoms with Crippen LogP contribution in [0.15, 0.2) is 12.1 Å². The van der Waals surface area contributed by atoms with Crippen LogP contribution in [0.3, 0.4) is 0 Å². The molecule has 1 saturated heterocycles. The molecule has 1 aliphatic heterocycles. The lowest BCUT2D eigenvalue weighted by atomic mass is 10.1. The highest BCUT2D eigenvalue weighted by atomic mass is 16.2. The maximum atomic E-state index is 13.1. The van der Waals surface area contributed by atoms with Crippen LogP contribution < -0.4 is 0 Å². The normalized spacial score (nSPS) is 18.6. The average Bonchev–Trinajstić information content (AvgIpc) is 3.10. The summed E-state index contributed by atoms with van der Waals surface area (Å²) in [4.78, 5) is 29.8. The second-order valence-electron chi connectivity index (χ2n) is 9.18. The fraction of sp³-hybridized carbons (Fsp3) is 0.619. The van der Waals surface area contributed by atoms with Crippen LogP contribution in [0.4, 0.5) is 0 Å². The van der Waals surface area contributed by atoms with Crippen molar-refractivity contribution in [3.8, 4) is 0 Å². The molecule has 156 valence electrons. The summed E-state index contributed by atoms with van der Waals surface area (Å²) in [6.45, 7) is 10.6. The second kappa shape index (κ2) is 7.31. The molecule has 2 aromatic rings. The Balaban J connectivity index is 1.49. The largest absolute Gasteiger partial charge is 0.335 e. The van der Waals surface area contributed by atoms with Crippen LogP contribution in [0.25, 0.3) is 0 Å². The number of hydrogen-bond donors (Lipinski definition) is 2. The number of nitrogens with one attached hydrogen (secondary N) is 2. The molecule has 4 rings (SSSR count). The van der Waals surface area contributed by atoms with Gasteiger partial charge in [-0.05, 0) is 36.8 Å². The van der Waals surface area contributed by atoms with Crippen molar-refractivity contribution < 1.29 is 9.59 Å². The number of aromatic amines is 2. The SMILES string of the molecule is CC(C)c1cc(C(=O)N2CCN(C(=O)c3cc(C(C)C)[nH]n3)CC3(CC3)C2)n[nH]1. The van der Waals surface area contributed by atoms with Gasteiger partial charge in [0, 0.05) is 43.0 Å². The van der Waals surface area contributed by atoms with Gasteiger partial charge in [0.25, 0.3) is 11.8 Å². The Morgan fingerprint density at radius 3 is 1.59 bits per heavy atom. The van der Waals surface area contributed by atoms with Gasteiger partial charge >= 0.3 is 0 Å². The standard InChI is InChI=1S/C21H30N6O2/c1-13(2)15-9-17(24-22-15)19(28)26-7-8-27(12-21(11-26)5-6-21)20(29)18-10-16(14(3)4)23-25-18/h9-10,13-14H,5-8,11-12H2,1-4H3,(H,22,24)(H,23,25). The minimum atomic E-state index is -0.0596. The molecule has 8 heteroatoms. The van der Waals surface area contributed by atoms with E-state index in [9.17, 15) is 9.59 Å². The molecule has 0 atom stereocenters. The summed E-state index contributed by atoms with van der Waals surface area (Å²) < 4.78 is 0. The Morgan fingerprint density at radius 2 is 1.28 bits per heavy atom. The van der Waals surface area contributed by atoms with Crippen molar-refractivity contribution in [2.45, 2.75) is 52.4 Å². The van der Waals surface area contributed by atoms with Crippen molar-refractivity contribution >= 4 is 11.8 Å². The molecule has 0 unspecified atom stereocenters. The molecule has 2 amide bonds. The van der Waals surface area contributed by atoms with E-state index < -0.39 is 0 Å². The quantitative estimate of drug-likeness (QED) is 0.827. The van der Waals surface area contributed by atoms with Gasteiger partial charge in [-0.25, -0.2) is 0 Å². The maximum absolute atomic E-state index is 13.1. The predicted molar refractivity (Wildman–Crippen MR) is 109 cm³/mol. The second-order valence-corrected chi connectivity index (χ2v) is 9.18. The van der Waals surface area contributed by atoms with Crippen molar-refractivity contribution in [3.05, 3.63) is 34.9 Å². The number of aromatic nitrogens is 4. The van der Waals surface area contributed by atoms with Gasteiger partial charge in [-0.2, -0.15) is 10.2 Å². The van der Waals surface area contributed by atoms with Crippen LogP contribution in [0, 0.1) is 5.41 Å². The highest BCUT2D eigenvalue weighted by Gasteiger charge is 2.48. The molecule has 8 nitrogen and oxygen atoms in total. The number of amides is 2. The topological polar surface area (TPSA) is 98.0 Å². The lowest BCUT2D eigenvalue weighted by Gasteiger charge is -2.23. The summed E-state index contributed by atoms with van der Waals surface area (Å²) in [6.07, 6.45) is 2.08. The molecule has 1 aliphatic carbocycles. The molecular weight excluding hydrogens is 368 g/mol. The van der Waals surface area contributed by atoms with Gasteiger partial charge < -0.3 is 9.80 Å². The smallest absolute Gasteiger partial charge is 0.274 e. The Morgan fingerprint density at radius 1 is 0.862 bits per heavy atom. The summed E-state index contributed by atoms with van der Waals surface area (Å²) in [5, 5.41) is 14.4. The van der Waals surface area contributed by atoms with Gasteiger partial charge in [-0.15, -0.1) is 0 Å². The summed E-state index contributed by atoms with van der Waals surface area (Å²) in [6, 6.07) is 3.69. The first-order valence-corrected chi connectivity index (χ1v) is 10.5. The zero-order valence-electron chi connectivity index (χ0n) is 17.7. The van der Waals surface area contributed by atoms with E-state index in [0.717, 1.165) is 24.2 Å².